The molecule has 1 aromatic carbocycles. The molecule has 0 unspecified atom stereocenters. The third kappa shape index (κ3) is 2.41. The van der Waals surface area contributed by atoms with Gasteiger partial charge in [0.2, 0.25) is 0 Å². The number of carbonyl (C=O) groups excluding carboxylic acids is 1. The van der Waals surface area contributed by atoms with E-state index < -0.39 is 11.8 Å². The fourth-order valence-corrected chi connectivity index (χ4v) is 2.42. The zero-order valence-electron chi connectivity index (χ0n) is 10.1. The molecule has 2 aromatic rings. The highest BCUT2D eigenvalue weighted by atomic mass is 32.1. The molecule has 0 radical (unpaired) electrons. The lowest BCUT2D eigenvalue weighted by atomic mass is 10.1. The molecule has 0 spiro atoms. The van der Waals surface area contributed by atoms with Gasteiger partial charge in [-0.15, -0.1) is 11.3 Å². The summed E-state index contributed by atoms with van der Waals surface area (Å²) in [5.74, 6) is -0.852. The first kappa shape index (κ1) is 12.7. The van der Waals surface area contributed by atoms with Gasteiger partial charge in [0, 0.05) is 5.56 Å². The highest BCUT2D eigenvalue weighted by molar-refractivity contribution is 7.14. The van der Waals surface area contributed by atoms with Crippen LogP contribution in [0.15, 0.2) is 24.3 Å². The van der Waals surface area contributed by atoms with Gasteiger partial charge in [0.05, 0.1) is 17.3 Å². The Morgan fingerprint density at radius 1 is 1.44 bits per heavy atom. The summed E-state index contributed by atoms with van der Waals surface area (Å²) in [4.78, 5) is 16.4. The number of benzene rings is 1. The normalized spacial score (nSPS) is 10.4. The van der Waals surface area contributed by atoms with E-state index in [0.717, 1.165) is 0 Å². The van der Waals surface area contributed by atoms with Crippen LogP contribution in [0.3, 0.4) is 0 Å². The number of ether oxygens (including phenoxy) is 1. The van der Waals surface area contributed by atoms with Gasteiger partial charge < -0.3 is 4.74 Å². The molecule has 18 heavy (non-hydrogen) atoms. The maximum Gasteiger partial charge on any atom is 0.350 e. The lowest BCUT2D eigenvalue weighted by Crippen LogP contribution is -2.04. The van der Waals surface area contributed by atoms with Crippen LogP contribution >= 0.6 is 11.3 Å². The number of rotatable bonds is 3. The Bertz CT molecular complexity index is 580. The Morgan fingerprint density at radius 3 is 2.83 bits per heavy atom. The molecule has 0 aliphatic heterocycles. The van der Waals surface area contributed by atoms with Gasteiger partial charge in [0.1, 0.15) is 10.7 Å². The van der Waals surface area contributed by atoms with E-state index >= 15 is 0 Å². The largest absolute Gasteiger partial charge is 0.462 e. The SMILES string of the molecule is CCOC(=O)c1sc(C)nc1-c1ccccc1F. The van der Waals surface area contributed by atoms with E-state index in [-0.39, 0.29) is 6.61 Å². The Morgan fingerprint density at radius 2 is 2.17 bits per heavy atom. The van der Waals surface area contributed by atoms with E-state index in [1.807, 2.05) is 0 Å². The van der Waals surface area contributed by atoms with Crippen LogP contribution < -0.4 is 0 Å². The molecule has 0 aliphatic carbocycles. The molecule has 0 fully saturated rings. The van der Waals surface area contributed by atoms with Crippen LogP contribution in [-0.2, 0) is 4.74 Å². The first-order valence-corrected chi connectivity index (χ1v) is 6.34. The van der Waals surface area contributed by atoms with E-state index in [9.17, 15) is 9.18 Å². The van der Waals surface area contributed by atoms with Crippen molar-refractivity contribution in [2.75, 3.05) is 6.61 Å². The number of carbonyl (C=O) groups is 1. The van der Waals surface area contributed by atoms with Crippen LogP contribution in [0.1, 0.15) is 21.6 Å². The van der Waals surface area contributed by atoms with Crippen molar-refractivity contribution in [3.8, 4) is 11.3 Å². The summed E-state index contributed by atoms with van der Waals surface area (Å²) < 4.78 is 18.7. The average molecular weight is 265 g/mol. The number of hydrogen-bond donors (Lipinski definition) is 0. The number of halogens is 1. The van der Waals surface area contributed by atoms with Crippen LogP contribution in [0.25, 0.3) is 11.3 Å². The van der Waals surface area contributed by atoms with Crippen LogP contribution in [0.4, 0.5) is 4.39 Å². The molecule has 0 aliphatic rings. The van der Waals surface area contributed by atoms with Gasteiger partial charge in [-0.05, 0) is 26.0 Å². The van der Waals surface area contributed by atoms with Crippen molar-refractivity contribution in [2.24, 2.45) is 0 Å². The van der Waals surface area contributed by atoms with Crippen LogP contribution in [0.5, 0.6) is 0 Å². The highest BCUT2D eigenvalue weighted by Gasteiger charge is 2.21. The predicted molar refractivity (Wildman–Crippen MR) is 68.2 cm³/mol. The highest BCUT2D eigenvalue weighted by Crippen LogP contribution is 2.30. The van der Waals surface area contributed by atoms with Crippen molar-refractivity contribution >= 4 is 17.3 Å². The number of esters is 1. The summed E-state index contributed by atoms with van der Waals surface area (Å²) in [5, 5.41) is 0.705. The second kappa shape index (κ2) is 5.27. The van der Waals surface area contributed by atoms with Gasteiger partial charge in [-0.25, -0.2) is 14.2 Å². The number of nitrogens with zero attached hydrogens (tertiary/aromatic N) is 1. The quantitative estimate of drug-likeness (QED) is 0.798. The van der Waals surface area contributed by atoms with Gasteiger partial charge in [-0.2, -0.15) is 0 Å². The average Bonchev–Trinajstić information content (AvgIpc) is 2.72. The van der Waals surface area contributed by atoms with Crippen molar-refractivity contribution < 1.29 is 13.9 Å². The lowest BCUT2D eigenvalue weighted by molar-refractivity contribution is 0.0532. The zero-order valence-corrected chi connectivity index (χ0v) is 10.9. The monoisotopic (exact) mass is 265 g/mol. The Kier molecular flexibility index (Phi) is 3.72. The van der Waals surface area contributed by atoms with Gasteiger partial charge >= 0.3 is 5.97 Å². The summed E-state index contributed by atoms with van der Waals surface area (Å²) >= 11 is 1.21. The molecule has 0 saturated heterocycles. The number of aryl methyl sites for hydroxylation is 1. The van der Waals surface area contributed by atoms with Gasteiger partial charge in [0.15, 0.2) is 0 Å². The van der Waals surface area contributed by atoms with Crippen LogP contribution in [0.2, 0.25) is 0 Å². The molecular formula is C13H12FNO2S. The second-order valence-electron chi connectivity index (χ2n) is 3.61. The molecule has 2 rings (SSSR count). The van der Waals surface area contributed by atoms with Crippen LogP contribution in [-0.4, -0.2) is 17.6 Å². The molecular weight excluding hydrogens is 253 g/mol. The standard InChI is InChI=1S/C13H12FNO2S/c1-3-17-13(16)12-11(15-8(2)18-12)9-6-4-5-7-10(9)14/h4-7H,3H2,1-2H3. The van der Waals surface area contributed by atoms with Gasteiger partial charge in [-0.1, -0.05) is 12.1 Å². The van der Waals surface area contributed by atoms with E-state index in [0.29, 0.717) is 21.1 Å². The van der Waals surface area contributed by atoms with Crippen molar-refractivity contribution in [2.45, 2.75) is 13.8 Å². The number of aromatic nitrogens is 1. The van der Waals surface area contributed by atoms with E-state index in [2.05, 4.69) is 4.98 Å². The smallest absolute Gasteiger partial charge is 0.350 e. The van der Waals surface area contributed by atoms with Crippen molar-refractivity contribution in [1.82, 2.24) is 4.98 Å². The molecule has 5 heteroatoms. The molecule has 1 heterocycles. The molecule has 0 amide bonds. The lowest BCUT2D eigenvalue weighted by Gasteiger charge is -2.03. The van der Waals surface area contributed by atoms with E-state index in [4.69, 9.17) is 4.74 Å². The Hall–Kier alpha value is -1.75. The first-order chi connectivity index (χ1) is 8.63. The summed E-state index contributed by atoms with van der Waals surface area (Å²) in [6.45, 7) is 3.79. The molecule has 3 nitrogen and oxygen atoms in total. The topological polar surface area (TPSA) is 39.2 Å². The maximum absolute atomic E-state index is 13.7. The van der Waals surface area contributed by atoms with E-state index in [1.165, 1.54) is 17.4 Å². The molecule has 0 N–H and O–H groups in total. The summed E-state index contributed by atoms with van der Waals surface area (Å²) in [7, 11) is 0. The van der Waals surface area contributed by atoms with Gasteiger partial charge in [-0.3, -0.25) is 0 Å². The Labute approximate surface area is 108 Å². The minimum Gasteiger partial charge on any atom is -0.462 e. The number of hydrogen-bond acceptors (Lipinski definition) is 4. The number of thiazole rings is 1. The molecule has 94 valence electrons. The first-order valence-electron chi connectivity index (χ1n) is 5.53. The summed E-state index contributed by atoms with van der Waals surface area (Å²) in [6.07, 6.45) is 0. The zero-order chi connectivity index (χ0) is 13.1. The summed E-state index contributed by atoms with van der Waals surface area (Å²) in [6, 6.07) is 6.26. The predicted octanol–water partition coefficient (Wildman–Crippen LogP) is 3.43. The van der Waals surface area contributed by atoms with Crippen molar-refractivity contribution in [3.05, 3.63) is 40.0 Å². The van der Waals surface area contributed by atoms with E-state index in [1.54, 1.807) is 32.0 Å². The minimum atomic E-state index is -0.457. The Balaban J connectivity index is 2.51. The molecule has 0 atom stereocenters. The fourth-order valence-electron chi connectivity index (χ4n) is 1.60. The third-order valence-electron chi connectivity index (χ3n) is 2.32. The van der Waals surface area contributed by atoms with Crippen LogP contribution in [0, 0.1) is 12.7 Å². The third-order valence-corrected chi connectivity index (χ3v) is 3.27. The second-order valence-corrected chi connectivity index (χ2v) is 4.81. The molecule has 0 bridgehead atoms. The minimum absolute atomic E-state index is 0.284. The summed E-state index contributed by atoms with van der Waals surface area (Å²) in [5.41, 5.74) is 0.680. The van der Waals surface area contributed by atoms with Crippen molar-refractivity contribution in [1.29, 1.82) is 0 Å². The maximum atomic E-state index is 13.7. The molecule has 0 saturated carbocycles. The van der Waals surface area contributed by atoms with Gasteiger partial charge in [0.25, 0.3) is 0 Å². The fraction of sp³-hybridized carbons (Fsp3) is 0.231. The molecule has 1 aromatic heterocycles. The van der Waals surface area contributed by atoms with Crippen molar-refractivity contribution in [3.63, 3.8) is 0 Å².